The molecule has 3 fully saturated rings. The fraction of sp³-hybridized carbons (Fsp3) is 0.500. The molecular weight excluding hydrogens is 318 g/mol. The third kappa shape index (κ3) is 2.95. The van der Waals surface area contributed by atoms with Crippen molar-refractivity contribution in [3.05, 3.63) is 65.8 Å². The lowest BCUT2D eigenvalue weighted by Gasteiger charge is -2.21. The van der Waals surface area contributed by atoms with E-state index in [0.717, 1.165) is 30.0 Å². The normalized spacial score (nSPS) is 33.3. The van der Waals surface area contributed by atoms with Crippen molar-refractivity contribution in [2.24, 2.45) is 17.8 Å². The van der Waals surface area contributed by atoms with E-state index in [4.69, 9.17) is 4.74 Å². The molecule has 4 atom stereocenters. The Morgan fingerprint density at radius 2 is 2.19 bits per heavy atom. The summed E-state index contributed by atoms with van der Waals surface area (Å²) in [5.41, 5.74) is 4.53. The monoisotopic (exact) mass is 349 g/mol. The Kier molecular flexibility index (Phi) is 4.56. The van der Waals surface area contributed by atoms with E-state index in [1.54, 1.807) is 7.11 Å². The molecule has 4 unspecified atom stereocenters. The van der Waals surface area contributed by atoms with Crippen molar-refractivity contribution in [1.82, 2.24) is 4.90 Å². The smallest absolute Gasteiger partial charge is 0.119 e. The quantitative estimate of drug-likeness (QED) is 0.671. The predicted molar refractivity (Wildman–Crippen MR) is 109 cm³/mol. The molecule has 2 aliphatic carbocycles. The first kappa shape index (κ1) is 17.6. The maximum Gasteiger partial charge on any atom is 0.119 e. The summed E-state index contributed by atoms with van der Waals surface area (Å²) in [6, 6.07) is 8.81. The van der Waals surface area contributed by atoms with E-state index < -0.39 is 0 Å². The summed E-state index contributed by atoms with van der Waals surface area (Å²) in [6.45, 7) is 12.1. The van der Waals surface area contributed by atoms with E-state index in [2.05, 4.69) is 67.8 Å². The van der Waals surface area contributed by atoms with E-state index >= 15 is 0 Å². The number of allylic oxidation sites excluding steroid dienone is 3. The number of likely N-dealkylation sites (tertiary alicyclic amines) is 1. The average molecular weight is 350 g/mol. The highest BCUT2D eigenvalue weighted by molar-refractivity contribution is 5.42. The van der Waals surface area contributed by atoms with Crippen LogP contribution in [0.5, 0.6) is 5.75 Å². The number of methoxy groups -OCH3 is 1. The van der Waals surface area contributed by atoms with Gasteiger partial charge in [0.15, 0.2) is 0 Å². The molecule has 0 N–H and O–H groups in total. The van der Waals surface area contributed by atoms with Gasteiger partial charge in [-0.25, -0.2) is 0 Å². The predicted octanol–water partition coefficient (Wildman–Crippen LogP) is 4.98. The Morgan fingerprint density at radius 1 is 1.35 bits per heavy atom. The summed E-state index contributed by atoms with van der Waals surface area (Å²) in [4.78, 5) is 2.64. The SMILES string of the molecule is C=C(CN1CC2CC3(c4cccc(OC)c4)CC3C2C1)C(C)=CC=CC. The van der Waals surface area contributed by atoms with Crippen LogP contribution in [-0.2, 0) is 5.41 Å². The fourth-order valence-corrected chi connectivity index (χ4v) is 5.52. The zero-order chi connectivity index (χ0) is 18.3. The molecule has 26 heavy (non-hydrogen) atoms. The Labute approximate surface area is 158 Å². The molecule has 2 saturated carbocycles. The molecule has 2 heteroatoms. The Hall–Kier alpha value is -1.80. The molecule has 1 aliphatic heterocycles. The van der Waals surface area contributed by atoms with Gasteiger partial charge in [-0.1, -0.05) is 36.9 Å². The van der Waals surface area contributed by atoms with Crippen molar-refractivity contribution in [3.63, 3.8) is 0 Å². The molecule has 0 amide bonds. The lowest BCUT2D eigenvalue weighted by molar-refractivity contribution is 0.331. The van der Waals surface area contributed by atoms with Crippen molar-refractivity contribution < 1.29 is 4.74 Å². The van der Waals surface area contributed by atoms with E-state index in [1.165, 1.54) is 42.6 Å². The van der Waals surface area contributed by atoms with Crippen LogP contribution in [0.1, 0.15) is 32.3 Å². The van der Waals surface area contributed by atoms with Crippen LogP contribution in [0.25, 0.3) is 0 Å². The zero-order valence-electron chi connectivity index (χ0n) is 16.4. The van der Waals surface area contributed by atoms with Gasteiger partial charge in [0.05, 0.1) is 7.11 Å². The van der Waals surface area contributed by atoms with Crippen molar-refractivity contribution >= 4 is 0 Å². The van der Waals surface area contributed by atoms with Crippen LogP contribution in [0.3, 0.4) is 0 Å². The van der Waals surface area contributed by atoms with Gasteiger partial charge < -0.3 is 4.74 Å². The summed E-state index contributed by atoms with van der Waals surface area (Å²) in [6.07, 6.45) is 9.07. The molecule has 0 bridgehead atoms. The number of hydrogen-bond acceptors (Lipinski definition) is 2. The number of rotatable bonds is 6. The van der Waals surface area contributed by atoms with Crippen LogP contribution in [0, 0.1) is 17.8 Å². The van der Waals surface area contributed by atoms with E-state index in [-0.39, 0.29) is 0 Å². The molecule has 1 saturated heterocycles. The van der Waals surface area contributed by atoms with Gasteiger partial charge in [0.25, 0.3) is 0 Å². The Balaban J connectivity index is 1.40. The van der Waals surface area contributed by atoms with Crippen molar-refractivity contribution in [2.45, 2.75) is 32.1 Å². The van der Waals surface area contributed by atoms with Crippen LogP contribution in [0.15, 0.2) is 60.2 Å². The molecule has 138 valence electrons. The lowest BCUT2D eigenvalue weighted by atomic mass is 9.89. The second-order valence-electron chi connectivity index (χ2n) is 8.50. The van der Waals surface area contributed by atoms with Gasteiger partial charge in [-0.3, -0.25) is 4.90 Å². The maximum atomic E-state index is 5.46. The van der Waals surface area contributed by atoms with Gasteiger partial charge in [0.2, 0.25) is 0 Å². The zero-order valence-corrected chi connectivity index (χ0v) is 16.4. The average Bonchev–Trinajstić information content (AvgIpc) is 3.11. The molecule has 2 nitrogen and oxygen atoms in total. The molecule has 1 aromatic carbocycles. The topological polar surface area (TPSA) is 12.5 Å². The van der Waals surface area contributed by atoms with Crippen molar-refractivity contribution in [3.8, 4) is 5.75 Å². The molecule has 0 radical (unpaired) electrons. The van der Waals surface area contributed by atoms with E-state index in [0.29, 0.717) is 5.41 Å². The van der Waals surface area contributed by atoms with Crippen LogP contribution >= 0.6 is 0 Å². The lowest BCUT2D eigenvalue weighted by Crippen LogP contribution is -2.25. The van der Waals surface area contributed by atoms with Gasteiger partial charge in [0, 0.05) is 19.6 Å². The number of ether oxygens (including phenoxy) is 1. The highest BCUT2D eigenvalue weighted by atomic mass is 16.5. The second-order valence-corrected chi connectivity index (χ2v) is 8.50. The van der Waals surface area contributed by atoms with Crippen LogP contribution < -0.4 is 4.74 Å². The third-order valence-electron chi connectivity index (χ3n) is 7.00. The Bertz CT molecular complexity index is 761. The van der Waals surface area contributed by atoms with Gasteiger partial charge in [-0.05, 0) is 78.7 Å². The Morgan fingerprint density at radius 3 is 2.92 bits per heavy atom. The summed E-state index contributed by atoms with van der Waals surface area (Å²) in [5.74, 6) is 3.60. The highest BCUT2D eigenvalue weighted by Gasteiger charge is 2.67. The summed E-state index contributed by atoms with van der Waals surface area (Å²) < 4.78 is 5.46. The van der Waals surface area contributed by atoms with Gasteiger partial charge >= 0.3 is 0 Å². The standard InChI is InChI=1S/C24H31NO/c1-5-6-8-17(2)18(3)14-25-15-19-12-24(13-23(24)22(19)16-25)20-9-7-10-21(11-20)26-4/h5-11,19,22-23H,3,12-16H2,1-2,4H3. The number of nitrogens with zero attached hydrogens (tertiary/aromatic N) is 1. The van der Waals surface area contributed by atoms with Crippen LogP contribution in [-0.4, -0.2) is 31.6 Å². The highest BCUT2D eigenvalue weighted by Crippen LogP contribution is 2.70. The summed E-state index contributed by atoms with van der Waals surface area (Å²) in [5, 5.41) is 0. The molecule has 4 rings (SSSR count). The van der Waals surface area contributed by atoms with E-state index in [9.17, 15) is 0 Å². The van der Waals surface area contributed by atoms with E-state index in [1.807, 2.05) is 0 Å². The molecule has 0 spiro atoms. The molecule has 3 aliphatic rings. The maximum absolute atomic E-state index is 5.46. The second kappa shape index (κ2) is 6.74. The van der Waals surface area contributed by atoms with Crippen molar-refractivity contribution in [1.29, 1.82) is 0 Å². The minimum absolute atomic E-state index is 0.453. The van der Waals surface area contributed by atoms with Gasteiger partial charge in [-0.2, -0.15) is 0 Å². The molecule has 1 heterocycles. The fourth-order valence-electron chi connectivity index (χ4n) is 5.52. The van der Waals surface area contributed by atoms with Gasteiger partial charge in [0.1, 0.15) is 5.75 Å². The first-order valence-electron chi connectivity index (χ1n) is 9.92. The first-order valence-corrected chi connectivity index (χ1v) is 9.92. The van der Waals surface area contributed by atoms with Gasteiger partial charge in [-0.15, -0.1) is 0 Å². The number of benzene rings is 1. The largest absolute Gasteiger partial charge is 0.497 e. The third-order valence-corrected chi connectivity index (χ3v) is 7.00. The minimum Gasteiger partial charge on any atom is -0.497 e. The first-order chi connectivity index (χ1) is 12.6. The summed E-state index contributed by atoms with van der Waals surface area (Å²) in [7, 11) is 1.77. The summed E-state index contributed by atoms with van der Waals surface area (Å²) >= 11 is 0. The number of hydrogen-bond donors (Lipinski definition) is 0. The molecule has 1 aromatic rings. The number of fused-ring (bicyclic) bond motifs is 3. The minimum atomic E-state index is 0.453. The van der Waals surface area contributed by atoms with Crippen molar-refractivity contribution in [2.75, 3.05) is 26.7 Å². The molecular formula is C24H31NO. The van der Waals surface area contributed by atoms with Crippen LogP contribution in [0.4, 0.5) is 0 Å². The molecule has 0 aromatic heterocycles. The van der Waals surface area contributed by atoms with Crippen LogP contribution in [0.2, 0.25) is 0 Å².